The van der Waals surface area contributed by atoms with Gasteiger partial charge in [0.25, 0.3) is 5.91 Å². The van der Waals surface area contributed by atoms with Crippen molar-refractivity contribution in [2.75, 3.05) is 17.4 Å². The van der Waals surface area contributed by atoms with Crippen LogP contribution in [0.5, 0.6) is 11.5 Å². The minimum atomic E-state index is -0.268. The Morgan fingerprint density at radius 2 is 1.83 bits per heavy atom. The standard InChI is InChI=1S/C22H22N4O3/c1-13-4-5-14(2)17(8-13)25-21(27)18-9-15(3)24-22(26-18)23-11-16-6-7-19-20(10-16)29-12-28-19/h4-10H,11-12H2,1-3H3,(H,25,27)(H,23,24,26). The smallest absolute Gasteiger partial charge is 0.274 e. The molecular weight excluding hydrogens is 368 g/mol. The first-order valence-corrected chi connectivity index (χ1v) is 9.34. The number of nitrogens with one attached hydrogen (secondary N) is 2. The number of rotatable bonds is 5. The summed E-state index contributed by atoms with van der Waals surface area (Å²) in [6, 6.07) is 13.3. The molecule has 4 rings (SSSR count). The van der Waals surface area contributed by atoms with Crippen molar-refractivity contribution in [3.8, 4) is 11.5 Å². The summed E-state index contributed by atoms with van der Waals surface area (Å²) in [7, 11) is 0. The van der Waals surface area contributed by atoms with Crippen molar-refractivity contribution in [3.63, 3.8) is 0 Å². The van der Waals surface area contributed by atoms with Gasteiger partial charge in [0.2, 0.25) is 12.7 Å². The van der Waals surface area contributed by atoms with Crippen LogP contribution in [0.4, 0.5) is 11.6 Å². The van der Waals surface area contributed by atoms with Crippen molar-refractivity contribution >= 4 is 17.5 Å². The van der Waals surface area contributed by atoms with Crippen LogP contribution in [0.3, 0.4) is 0 Å². The van der Waals surface area contributed by atoms with Gasteiger partial charge < -0.3 is 20.1 Å². The zero-order chi connectivity index (χ0) is 20.4. The fourth-order valence-electron chi connectivity index (χ4n) is 3.05. The minimum absolute atomic E-state index is 0.242. The molecule has 7 nitrogen and oxygen atoms in total. The fourth-order valence-corrected chi connectivity index (χ4v) is 3.05. The Labute approximate surface area is 169 Å². The highest BCUT2D eigenvalue weighted by Crippen LogP contribution is 2.32. The largest absolute Gasteiger partial charge is 0.454 e. The van der Waals surface area contributed by atoms with Crippen molar-refractivity contribution in [2.45, 2.75) is 27.3 Å². The van der Waals surface area contributed by atoms with E-state index in [1.54, 1.807) is 6.07 Å². The lowest BCUT2D eigenvalue weighted by molar-refractivity contribution is 0.102. The molecule has 0 radical (unpaired) electrons. The summed E-state index contributed by atoms with van der Waals surface area (Å²) in [6.45, 7) is 6.52. The van der Waals surface area contributed by atoms with Gasteiger partial charge in [0.05, 0.1) is 0 Å². The summed E-state index contributed by atoms with van der Waals surface area (Å²) in [4.78, 5) is 21.5. The number of anilines is 2. The number of amides is 1. The number of aromatic nitrogens is 2. The number of hydrogen-bond acceptors (Lipinski definition) is 6. The SMILES string of the molecule is Cc1ccc(C)c(NC(=O)c2cc(C)nc(NCc3ccc4c(c3)OCO4)n2)c1. The van der Waals surface area contributed by atoms with Gasteiger partial charge in [-0.2, -0.15) is 0 Å². The number of carbonyl (C=O) groups is 1. The molecule has 0 saturated heterocycles. The van der Waals surface area contributed by atoms with E-state index in [0.29, 0.717) is 23.9 Å². The molecule has 1 amide bonds. The van der Waals surface area contributed by atoms with Crippen LogP contribution in [0.2, 0.25) is 0 Å². The van der Waals surface area contributed by atoms with Gasteiger partial charge in [-0.25, -0.2) is 9.97 Å². The molecule has 0 saturated carbocycles. The summed E-state index contributed by atoms with van der Waals surface area (Å²) in [6.07, 6.45) is 0. The molecule has 0 atom stereocenters. The van der Waals surface area contributed by atoms with Crippen LogP contribution >= 0.6 is 0 Å². The average Bonchev–Trinajstić information content (AvgIpc) is 3.16. The Bertz CT molecular complexity index is 1080. The summed E-state index contributed by atoms with van der Waals surface area (Å²) < 4.78 is 10.7. The van der Waals surface area contributed by atoms with Crippen molar-refractivity contribution in [2.24, 2.45) is 0 Å². The third kappa shape index (κ3) is 4.29. The van der Waals surface area contributed by atoms with Crippen LogP contribution in [0.1, 0.15) is 32.9 Å². The highest BCUT2D eigenvalue weighted by molar-refractivity contribution is 6.03. The molecule has 1 aromatic heterocycles. The number of carbonyl (C=O) groups excluding carboxylic acids is 1. The normalized spacial score (nSPS) is 12.0. The molecule has 1 aliphatic rings. The highest BCUT2D eigenvalue weighted by atomic mass is 16.7. The molecule has 2 N–H and O–H groups in total. The van der Waals surface area contributed by atoms with E-state index in [0.717, 1.165) is 33.9 Å². The number of nitrogens with zero attached hydrogens (tertiary/aromatic N) is 2. The second-order valence-corrected chi connectivity index (χ2v) is 7.03. The fraction of sp³-hybridized carbons (Fsp3) is 0.227. The van der Waals surface area contributed by atoms with Crippen LogP contribution in [0.15, 0.2) is 42.5 Å². The molecule has 0 spiro atoms. The molecule has 148 valence electrons. The Kier molecular flexibility index (Phi) is 5.03. The number of benzene rings is 2. The molecule has 2 heterocycles. The number of ether oxygens (including phenoxy) is 2. The Morgan fingerprint density at radius 3 is 2.69 bits per heavy atom. The third-order valence-corrected chi connectivity index (χ3v) is 4.62. The zero-order valence-electron chi connectivity index (χ0n) is 16.6. The Morgan fingerprint density at radius 1 is 1.00 bits per heavy atom. The predicted molar refractivity (Wildman–Crippen MR) is 111 cm³/mol. The van der Waals surface area contributed by atoms with Crippen LogP contribution < -0.4 is 20.1 Å². The molecule has 29 heavy (non-hydrogen) atoms. The molecule has 3 aromatic rings. The van der Waals surface area contributed by atoms with E-state index in [4.69, 9.17) is 9.47 Å². The van der Waals surface area contributed by atoms with Crippen molar-refractivity contribution in [1.29, 1.82) is 0 Å². The van der Waals surface area contributed by atoms with Gasteiger partial charge in [-0.05, 0) is 61.7 Å². The first kappa shape index (κ1) is 18.7. The molecule has 0 aliphatic carbocycles. The van der Waals surface area contributed by atoms with Gasteiger partial charge >= 0.3 is 0 Å². The molecule has 7 heteroatoms. The van der Waals surface area contributed by atoms with Gasteiger partial charge in [-0.3, -0.25) is 4.79 Å². The lowest BCUT2D eigenvalue weighted by Crippen LogP contribution is -2.16. The summed E-state index contributed by atoms with van der Waals surface area (Å²) in [5.74, 6) is 1.60. The molecule has 0 bridgehead atoms. The topological polar surface area (TPSA) is 85.4 Å². The Hall–Kier alpha value is -3.61. The molecular formula is C22H22N4O3. The van der Waals surface area contributed by atoms with E-state index < -0.39 is 0 Å². The minimum Gasteiger partial charge on any atom is -0.454 e. The van der Waals surface area contributed by atoms with Gasteiger partial charge in [-0.15, -0.1) is 0 Å². The maximum atomic E-state index is 12.7. The quantitative estimate of drug-likeness (QED) is 0.685. The average molecular weight is 390 g/mol. The molecule has 0 unspecified atom stereocenters. The third-order valence-electron chi connectivity index (χ3n) is 4.62. The van der Waals surface area contributed by atoms with E-state index in [-0.39, 0.29) is 12.7 Å². The summed E-state index contributed by atoms with van der Waals surface area (Å²) in [5, 5.41) is 6.11. The monoisotopic (exact) mass is 390 g/mol. The first-order valence-electron chi connectivity index (χ1n) is 9.34. The second-order valence-electron chi connectivity index (χ2n) is 7.03. The lowest BCUT2D eigenvalue weighted by Gasteiger charge is -2.11. The van der Waals surface area contributed by atoms with Gasteiger partial charge in [0, 0.05) is 17.9 Å². The maximum absolute atomic E-state index is 12.7. The summed E-state index contributed by atoms with van der Waals surface area (Å²) >= 11 is 0. The maximum Gasteiger partial charge on any atom is 0.274 e. The van der Waals surface area contributed by atoms with Crippen LogP contribution in [0, 0.1) is 20.8 Å². The van der Waals surface area contributed by atoms with E-state index in [9.17, 15) is 4.79 Å². The molecule has 2 aromatic carbocycles. The second kappa shape index (κ2) is 7.79. The summed E-state index contributed by atoms with van der Waals surface area (Å²) in [5.41, 5.74) is 4.87. The number of aryl methyl sites for hydroxylation is 3. The van der Waals surface area contributed by atoms with E-state index in [1.165, 1.54) is 0 Å². The molecule has 0 fully saturated rings. The van der Waals surface area contributed by atoms with Crippen LogP contribution in [-0.4, -0.2) is 22.7 Å². The van der Waals surface area contributed by atoms with Gasteiger partial charge in [0.1, 0.15) is 5.69 Å². The van der Waals surface area contributed by atoms with Gasteiger partial charge in [0.15, 0.2) is 11.5 Å². The zero-order valence-corrected chi connectivity index (χ0v) is 16.6. The number of hydrogen-bond donors (Lipinski definition) is 2. The Balaban J connectivity index is 1.48. The number of fused-ring (bicyclic) bond motifs is 1. The van der Waals surface area contributed by atoms with Crippen molar-refractivity contribution < 1.29 is 14.3 Å². The van der Waals surface area contributed by atoms with E-state index in [2.05, 4.69) is 20.6 Å². The van der Waals surface area contributed by atoms with Crippen molar-refractivity contribution in [1.82, 2.24) is 9.97 Å². The molecule has 1 aliphatic heterocycles. The van der Waals surface area contributed by atoms with E-state index >= 15 is 0 Å². The lowest BCUT2D eigenvalue weighted by atomic mass is 10.1. The highest BCUT2D eigenvalue weighted by Gasteiger charge is 2.14. The van der Waals surface area contributed by atoms with Crippen molar-refractivity contribution in [3.05, 3.63) is 70.5 Å². The predicted octanol–water partition coefficient (Wildman–Crippen LogP) is 3.99. The van der Waals surface area contributed by atoms with Gasteiger partial charge in [-0.1, -0.05) is 18.2 Å². The first-order chi connectivity index (χ1) is 14.0. The van der Waals surface area contributed by atoms with E-state index in [1.807, 2.05) is 57.2 Å². The van der Waals surface area contributed by atoms with Crippen LogP contribution in [-0.2, 0) is 6.54 Å². The van der Waals surface area contributed by atoms with Crippen LogP contribution in [0.25, 0.3) is 0 Å².